The number of tetrazole rings is 1. The molecule has 2 aromatic carbocycles. The second-order valence-electron chi connectivity index (χ2n) is 4.77. The number of benzene rings is 2. The normalized spacial score (nSPS) is 12.0. The van der Waals surface area contributed by atoms with E-state index in [-0.39, 0.29) is 11.8 Å². The predicted molar refractivity (Wildman–Crippen MR) is 79.3 cm³/mol. The van der Waals surface area contributed by atoms with Crippen LogP contribution in [0.5, 0.6) is 5.75 Å². The third-order valence-electron chi connectivity index (χ3n) is 3.21. The number of rotatable bonds is 4. The molecule has 1 unspecified atom stereocenters. The second kappa shape index (κ2) is 5.62. The van der Waals surface area contributed by atoms with E-state index in [2.05, 4.69) is 27.8 Å². The minimum absolute atomic E-state index is 0.0863. The minimum Gasteiger partial charge on any atom is -0.508 e. The smallest absolute Gasteiger partial charge is 0.143 e. The third-order valence-corrected chi connectivity index (χ3v) is 3.21. The number of hydrogen-bond acceptors (Lipinski definition) is 5. The summed E-state index contributed by atoms with van der Waals surface area (Å²) in [5.74, 6) is 0.245. The highest BCUT2D eigenvalue weighted by Gasteiger charge is 2.07. The van der Waals surface area contributed by atoms with E-state index in [1.165, 1.54) is 0 Å². The van der Waals surface area contributed by atoms with Crippen LogP contribution in [0.3, 0.4) is 0 Å². The van der Waals surface area contributed by atoms with Crippen LogP contribution in [0.1, 0.15) is 18.5 Å². The van der Waals surface area contributed by atoms with E-state index in [1.54, 1.807) is 23.1 Å². The minimum atomic E-state index is 0.0863. The number of phenolic OH excluding ortho intramolecular Hbond substituents is 1. The zero-order valence-electron chi connectivity index (χ0n) is 11.5. The van der Waals surface area contributed by atoms with Gasteiger partial charge in [-0.15, -0.1) is 5.10 Å². The molecule has 0 amide bonds. The van der Waals surface area contributed by atoms with E-state index < -0.39 is 0 Å². The first-order valence-corrected chi connectivity index (χ1v) is 6.61. The number of aromatic nitrogens is 4. The van der Waals surface area contributed by atoms with E-state index in [0.29, 0.717) is 0 Å². The summed E-state index contributed by atoms with van der Waals surface area (Å²) in [6, 6.07) is 15.1. The Morgan fingerprint density at radius 3 is 2.76 bits per heavy atom. The summed E-state index contributed by atoms with van der Waals surface area (Å²) >= 11 is 0. The molecule has 0 radical (unpaired) electrons. The van der Waals surface area contributed by atoms with Crippen LogP contribution in [0.25, 0.3) is 5.69 Å². The molecule has 0 aliphatic carbocycles. The van der Waals surface area contributed by atoms with Gasteiger partial charge < -0.3 is 10.4 Å². The van der Waals surface area contributed by atoms with E-state index in [4.69, 9.17) is 0 Å². The number of nitrogens with zero attached hydrogens (tertiary/aromatic N) is 4. The van der Waals surface area contributed by atoms with Gasteiger partial charge >= 0.3 is 0 Å². The van der Waals surface area contributed by atoms with Gasteiger partial charge in [0, 0.05) is 17.8 Å². The molecule has 21 heavy (non-hydrogen) atoms. The Morgan fingerprint density at radius 1 is 1.14 bits per heavy atom. The fourth-order valence-corrected chi connectivity index (χ4v) is 2.15. The molecule has 3 rings (SSSR count). The SMILES string of the molecule is CC(Nc1cccc(O)c1)c1cccc(-n2cnnn2)c1. The van der Waals surface area contributed by atoms with Crippen molar-refractivity contribution >= 4 is 5.69 Å². The molecular formula is C15H15N5O. The van der Waals surface area contributed by atoms with E-state index in [1.807, 2.05) is 36.4 Å². The molecule has 106 valence electrons. The average molecular weight is 281 g/mol. The highest BCUT2D eigenvalue weighted by molar-refractivity contribution is 5.50. The molecular weight excluding hydrogens is 266 g/mol. The Hall–Kier alpha value is -2.89. The topological polar surface area (TPSA) is 75.9 Å². The first kappa shape index (κ1) is 13.1. The van der Waals surface area contributed by atoms with E-state index >= 15 is 0 Å². The monoisotopic (exact) mass is 281 g/mol. The van der Waals surface area contributed by atoms with Crippen molar-refractivity contribution in [3.8, 4) is 11.4 Å². The highest BCUT2D eigenvalue weighted by Crippen LogP contribution is 2.23. The quantitative estimate of drug-likeness (QED) is 0.768. The van der Waals surface area contributed by atoms with Gasteiger partial charge in [0.05, 0.1) is 5.69 Å². The van der Waals surface area contributed by atoms with Crippen molar-refractivity contribution in [3.05, 3.63) is 60.4 Å². The number of nitrogens with one attached hydrogen (secondary N) is 1. The van der Waals surface area contributed by atoms with Gasteiger partial charge in [-0.25, -0.2) is 4.68 Å². The molecule has 0 aliphatic rings. The van der Waals surface area contributed by atoms with Crippen molar-refractivity contribution < 1.29 is 5.11 Å². The summed E-state index contributed by atoms with van der Waals surface area (Å²) in [5.41, 5.74) is 2.88. The lowest BCUT2D eigenvalue weighted by atomic mass is 10.1. The summed E-state index contributed by atoms with van der Waals surface area (Å²) in [7, 11) is 0. The van der Waals surface area contributed by atoms with Crippen LogP contribution in [0.2, 0.25) is 0 Å². The molecule has 1 aromatic heterocycles. The summed E-state index contributed by atoms with van der Waals surface area (Å²) in [6.07, 6.45) is 1.56. The van der Waals surface area contributed by atoms with Crippen LogP contribution < -0.4 is 5.32 Å². The van der Waals surface area contributed by atoms with Crippen LogP contribution in [0.15, 0.2) is 54.9 Å². The molecule has 3 aromatic rings. The lowest BCUT2D eigenvalue weighted by molar-refractivity contribution is 0.475. The van der Waals surface area contributed by atoms with Crippen LogP contribution in [0, 0.1) is 0 Å². The molecule has 6 heteroatoms. The third kappa shape index (κ3) is 3.00. The fraction of sp³-hybridized carbons (Fsp3) is 0.133. The number of hydrogen-bond donors (Lipinski definition) is 2. The van der Waals surface area contributed by atoms with Gasteiger partial charge in [0.25, 0.3) is 0 Å². The average Bonchev–Trinajstić information content (AvgIpc) is 3.02. The van der Waals surface area contributed by atoms with Crippen molar-refractivity contribution in [2.24, 2.45) is 0 Å². The molecule has 1 atom stereocenters. The zero-order chi connectivity index (χ0) is 14.7. The number of anilines is 1. The van der Waals surface area contributed by atoms with Crippen LogP contribution >= 0.6 is 0 Å². The van der Waals surface area contributed by atoms with Crippen molar-refractivity contribution in [1.29, 1.82) is 0 Å². The molecule has 0 spiro atoms. The predicted octanol–water partition coefficient (Wildman–Crippen LogP) is 2.54. The summed E-state index contributed by atoms with van der Waals surface area (Å²) in [6.45, 7) is 2.06. The maximum absolute atomic E-state index is 9.50. The Balaban J connectivity index is 1.81. The largest absolute Gasteiger partial charge is 0.508 e. The van der Waals surface area contributed by atoms with Crippen LogP contribution in [-0.4, -0.2) is 25.3 Å². The van der Waals surface area contributed by atoms with Crippen molar-refractivity contribution in [2.75, 3.05) is 5.32 Å². The van der Waals surface area contributed by atoms with E-state index in [0.717, 1.165) is 16.9 Å². The Morgan fingerprint density at radius 2 is 2.00 bits per heavy atom. The zero-order valence-corrected chi connectivity index (χ0v) is 11.5. The Bertz CT molecular complexity index is 726. The molecule has 0 saturated heterocycles. The van der Waals surface area contributed by atoms with Crippen molar-refractivity contribution in [3.63, 3.8) is 0 Å². The highest BCUT2D eigenvalue weighted by atomic mass is 16.3. The molecule has 6 nitrogen and oxygen atoms in total. The second-order valence-corrected chi connectivity index (χ2v) is 4.77. The first-order valence-electron chi connectivity index (χ1n) is 6.61. The molecule has 2 N–H and O–H groups in total. The maximum Gasteiger partial charge on any atom is 0.143 e. The maximum atomic E-state index is 9.50. The van der Waals surface area contributed by atoms with Crippen LogP contribution in [0.4, 0.5) is 5.69 Å². The molecule has 0 saturated carbocycles. The van der Waals surface area contributed by atoms with Crippen molar-refractivity contribution in [1.82, 2.24) is 20.2 Å². The summed E-state index contributed by atoms with van der Waals surface area (Å²) < 4.78 is 1.62. The Kier molecular flexibility index (Phi) is 3.51. The summed E-state index contributed by atoms with van der Waals surface area (Å²) in [5, 5.41) is 24.0. The Labute approximate surface area is 122 Å². The summed E-state index contributed by atoms with van der Waals surface area (Å²) in [4.78, 5) is 0. The lowest BCUT2D eigenvalue weighted by Gasteiger charge is -2.16. The van der Waals surface area contributed by atoms with Gasteiger partial charge in [0.2, 0.25) is 0 Å². The van der Waals surface area contributed by atoms with Gasteiger partial charge in [-0.05, 0) is 47.2 Å². The van der Waals surface area contributed by atoms with Gasteiger partial charge in [-0.2, -0.15) is 0 Å². The van der Waals surface area contributed by atoms with Crippen LogP contribution in [-0.2, 0) is 0 Å². The molecule has 1 heterocycles. The fourth-order valence-electron chi connectivity index (χ4n) is 2.15. The molecule has 0 aliphatic heterocycles. The lowest BCUT2D eigenvalue weighted by Crippen LogP contribution is -2.07. The van der Waals surface area contributed by atoms with Gasteiger partial charge in [0.1, 0.15) is 12.1 Å². The molecule has 0 bridgehead atoms. The number of phenols is 1. The van der Waals surface area contributed by atoms with Gasteiger partial charge in [-0.1, -0.05) is 18.2 Å². The number of aromatic hydroxyl groups is 1. The first-order chi connectivity index (χ1) is 10.2. The van der Waals surface area contributed by atoms with Gasteiger partial charge in [0.15, 0.2) is 0 Å². The van der Waals surface area contributed by atoms with Crippen molar-refractivity contribution in [2.45, 2.75) is 13.0 Å². The van der Waals surface area contributed by atoms with Gasteiger partial charge in [-0.3, -0.25) is 0 Å². The molecule has 0 fully saturated rings. The van der Waals surface area contributed by atoms with E-state index in [9.17, 15) is 5.11 Å². The standard InChI is InChI=1S/C15H15N5O/c1-11(17-13-5-3-7-15(21)9-13)12-4-2-6-14(8-12)20-10-16-18-19-20/h2-11,17,21H,1H3.